The molecule has 0 atom stereocenters. The molecule has 0 aliphatic heterocycles. The second-order valence-electron chi connectivity index (χ2n) is 4.65. The maximum Gasteiger partial charge on any atom is 0.275 e. The third-order valence-corrected chi connectivity index (χ3v) is 2.88. The molecule has 23 heavy (non-hydrogen) atoms. The van der Waals surface area contributed by atoms with Crippen molar-refractivity contribution in [3.63, 3.8) is 0 Å². The summed E-state index contributed by atoms with van der Waals surface area (Å²) in [5.41, 5.74) is 0.330. The Morgan fingerprint density at radius 3 is 2.83 bits per heavy atom. The number of rotatable bonds is 4. The van der Waals surface area contributed by atoms with E-state index in [1.165, 1.54) is 18.3 Å². The first kappa shape index (κ1) is 14.6. The first-order chi connectivity index (χ1) is 11.1. The number of nitrogens with one attached hydrogen (secondary N) is 2. The quantitative estimate of drug-likeness (QED) is 0.769. The van der Waals surface area contributed by atoms with Gasteiger partial charge in [-0.1, -0.05) is 17.3 Å². The monoisotopic (exact) mass is 313 g/mol. The van der Waals surface area contributed by atoms with Crippen LogP contribution in [0.2, 0.25) is 0 Å². The van der Waals surface area contributed by atoms with Crippen LogP contribution in [-0.2, 0) is 0 Å². The van der Waals surface area contributed by atoms with Gasteiger partial charge in [0, 0.05) is 12.3 Å². The fourth-order valence-corrected chi connectivity index (χ4v) is 1.83. The number of hydrogen-bond donors (Lipinski definition) is 2. The van der Waals surface area contributed by atoms with E-state index >= 15 is 0 Å². The molecular weight excluding hydrogens is 301 g/mol. The van der Waals surface area contributed by atoms with Crippen LogP contribution < -0.4 is 10.6 Å². The molecule has 2 N–H and O–H groups in total. The van der Waals surface area contributed by atoms with Crippen LogP contribution in [0.25, 0.3) is 0 Å². The number of hydrogen-bond acceptors (Lipinski definition) is 6. The van der Waals surface area contributed by atoms with Gasteiger partial charge in [-0.3, -0.25) is 4.79 Å². The van der Waals surface area contributed by atoms with Gasteiger partial charge in [0.05, 0.1) is 5.69 Å². The van der Waals surface area contributed by atoms with Crippen molar-refractivity contribution in [1.29, 1.82) is 0 Å². The van der Waals surface area contributed by atoms with Crippen molar-refractivity contribution in [3.05, 3.63) is 59.9 Å². The summed E-state index contributed by atoms with van der Waals surface area (Å²) >= 11 is 0. The van der Waals surface area contributed by atoms with Crippen LogP contribution >= 0.6 is 0 Å². The summed E-state index contributed by atoms with van der Waals surface area (Å²) in [4.78, 5) is 20.1. The van der Waals surface area contributed by atoms with E-state index in [1.807, 2.05) is 0 Å². The largest absolute Gasteiger partial charge is 0.360 e. The Morgan fingerprint density at radius 2 is 2.09 bits per heavy atom. The molecule has 0 saturated heterocycles. The summed E-state index contributed by atoms with van der Waals surface area (Å²) in [5, 5.41) is 8.94. The number of aromatic nitrogens is 3. The molecule has 0 aliphatic rings. The number of carbonyl (C=O) groups excluding carboxylic acids is 1. The predicted molar refractivity (Wildman–Crippen MR) is 80.9 cm³/mol. The zero-order chi connectivity index (χ0) is 16.2. The molecule has 1 amide bonds. The van der Waals surface area contributed by atoms with E-state index in [-0.39, 0.29) is 23.1 Å². The van der Waals surface area contributed by atoms with Crippen LogP contribution in [0.15, 0.2) is 47.1 Å². The molecule has 2 heterocycles. The highest BCUT2D eigenvalue weighted by Crippen LogP contribution is 2.17. The Kier molecular flexibility index (Phi) is 3.96. The number of amides is 1. The van der Waals surface area contributed by atoms with Gasteiger partial charge in [0.15, 0.2) is 5.82 Å². The Balaban J connectivity index is 1.77. The molecule has 0 radical (unpaired) electrons. The summed E-state index contributed by atoms with van der Waals surface area (Å²) in [7, 11) is 0. The minimum Gasteiger partial charge on any atom is -0.360 e. The number of benzene rings is 1. The van der Waals surface area contributed by atoms with Crippen molar-refractivity contribution in [2.24, 2.45) is 0 Å². The molecular formula is C15H12FN5O2. The summed E-state index contributed by atoms with van der Waals surface area (Å²) < 4.78 is 18.5. The van der Waals surface area contributed by atoms with Gasteiger partial charge in [-0.25, -0.2) is 14.4 Å². The molecule has 7 nitrogen and oxygen atoms in total. The van der Waals surface area contributed by atoms with E-state index in [0.29, 0.717) is 5.76 Å². The fourth-order valence-electron chi connectivity index (χ4n) is 1.83. The van der Waals surface area contributed by atoms with Crippen LogP contribution in [0.1, 0.15) is 16.2 Å². The lowest BCUT2D eigenvalue weighted by Gasteiger charge is -2.07. The van der Waals surface area contributed by atoms with E-state index in [4.69, 9.17) is 4.52 Å². The van der Waals surface area contributed by atoms with Gasteiger partial charge in [-0.15, -0.1) is 0 Å². The highest BCUT2D eigenvalue weighted by molar-refractivity contribution is 6.02. The van der Waals surface area contributed by atoms with Crippen LogP contribution in [0.4, 0.5) is 21.8 Å². The standard InChI is InChI=1S/C15H12FN5O2/c1-9-8-13(21-23-9)20-14(22)12-6-7-17-15(19-12)18-11-5-3-2-4-10(11)16/h2-8H,1H3,(H,17,18,19)(H,20,21,22). The van der Waals surface area contributed by atoms with Crippen molar-refractivity contribution in [3.8, 4) is 0 Å². The number of para-hydroxylation sites is 1. The molecule has 3 rings (SSSR count). The number of aryl methyl sites for hydroxylation is 1. The van der Waals surface area contributed by atoms with Gasteiger partial charge < -0.3 is 15.2 Å². The molecule has 0 aliphatic carbocycles. The van der Waals surface area contributed by atoms with Gasteiger partial charge in [0.25, 0.3) is 5.91 Å². The number of carbonyl (C=O) groups is 1. The highest BCUT2D eigenvalue weighted by Gasteiger charge is 2.12. The van der Waals surface area contributed by atoms with E-state index in [9.17, 15) is 9.18 Å². The zero-order valence-corrected chi connectivity index (χ0v) is 12.1. The second kappa shape index (κ2) is 6.22. The van der Waals surface area contributed by atoms with Crippen molar-refractivity contribution < 1.29 is 13.7 Å². The Morgan fingerprint density at radius 1 is 1.26 bits per heavy atom. The summed E-state index contributed by atoms with van der Waals surface area (Å²) in [6.45, 7) is 1.71. The molecule has 0 saturated carbocycles. The molecule has 0 fully saturated rings. The first-order valence-electron chi connectivity index (χ1n) is 6.71. The van der Waals surface area contributed by atoms with Gasteiger partial charge >= 0.3 is 0 Å². The highest BCUT2D eigenvalue weighted by atomic mass is 19.1. The van der Waals surface area contributed by atoms with Crippen LogP contribution in [0, 0.1) is 12.7 Å². The van der Waals surface area contributed by atoms with E-state index in [2.05, 4.69) is 25.8 Å². The first-order valence-corrected chi connectivity index (χ1v) is 6.71. The third-order valence-electron chi connectivity index (χ3n) is 2.88. The van der Waals surface area contributed by atoms with Crippen molar-refractivity contribution >= 4 is 23.4 Å². The van der Waals surface area contributed by atoms with Crippen molar-refractivity contribution in [1.82, 2.24) is 15.1 Å². The SMILES string of the molecule is Cc1cc(NC(=O)c2ccnc(Nc3ccccc3F)n2)no1. The van der Waals surface area contributed by atoms with Gasteiger partial charge in [0.1, 0.15) is 17.3 Å². The van der Waals surface area contributed by atoms with E-state index < -0.39 is 11.7 Å². The average molecular weight is 313 g/mol. The number of nitrogens with zero attached hydrogens (tertiary/aromatic N) is 3. The lowest BCUT2D eigenvalue weighted by Crippen LogP contribution is -2.15. The van der Waals surface area contributed by atoms with Gasteiger partial charge in [-0.05, 0) is 25.1 Å². The number of halogens is 1. The topological polar surface area (TPSA) is 92.9 Å². The van der Waals surface area contributed by atoms with E-state index in [0.717, 1.165) is 0 Å². The van der Waals surface area contributed by atoms with Crippen molar-refractivity contribution in [2.75, 3.05) is 10.6 Å². The smallest absolute Gasteiger partial charge is 0.275 e. The Hall–Kier alpha value is -3.29. The molecule has 0 bridgehead atoms. The molecule has 0 spiro atoms. The van der Waals surface area contributed by atoms with Gasteiger partial charge in [-0.2, -0.15) is 0 Å². The Bertz CT molecular complexity index is 849. The van der Waals surface area contributed by atoms with Crippen molar-refractivity contribution in [2.45, 2.75) is 6.92 Å². The average Bonchev–Trinajstić information content (AvgIpc) is 2.95. The minimum atomic E-state index is -0.475. The molecule has 2 aromatic heterocycles. The minimum absolute atomic E-state index is 0.110. The lowest BCUT2D eigenvalue weighted by atomic mass is 10.3. The lowest BCUT2D eigenvalue weighted by molar-refractivity contribution is 0.102. The van der Waals surface area contributed by atoms with Crippen LogP contribution in [0.5, 0.6) is 0 Å². The summed E-state index contributed by atoms with van der Waals surface area (Å²) in [6.07, 6.45) is 1.40. The predicted octanol–water partition coefficient (Wildman–Crippen LogP) is 2.91. The van der Waals surface area contributed by atoms with Crippen LogP contribution in [0.3, 0.4) is 0 Å². The molecule has 0 unspecified atom stereocenters. The Labute approximate surface area is 130 Å². The summed E-state index contributed by atoms with van der Waals surface area (Å²) in [6, 6.07) is 9.13. The third kappa shape index (κ3) is 3.49. The second-order valence-corrected chi connectivity index (χ2v) is 4.65. The number of anilines is 3. The molecule has 8 heteroatoms. The fraction of sp³-hybridized carbons (Fsp3) is 0.0667. The maximum absolute atomic E-state index is 13.6. The van der Waals surface area contributed by atoms with E-state index in [1.54, 1.807) is 31.2 Å². The maximum atomic E-state index is 13.6. The summed E-state index contributed by atoms with van der Waals surface area (Å²) in [5.74, 6) is 0.0556. The van der Waals surface area contributed by atoms with Crippen LogP contribution in [-0.4, -0.2) is 21.0 Å². The molecule has 116 valence electrons. The normalized spacial score (nSPS) is 10.3. The molecule has 3 aromatic rings. The zero-order valence-electron chi connectivity index (χ0n) is 12.1. The van der Waals surface area contributed by atoms with Gasteiger partial charge in [0.2, 0.25) is 5.95 Å². The molecule has 1 aromatic carbocycles.